The third-order valence-corrected chi connectivity index (χ3v) is 3.92. The zero-order chi connectivity index (χ0) is 17.5. The van der Waals surface area contributed by atoms with E-state index in [9.17, 15) is 27.8 Å². The van der Waals surface area contributed by atoms with E-state index in [1.165, 1.54) is 0 Å². The fourth-order valence-electron chi connectivity index (χ4n) is 2.99. The highest BCUT2D eigenvalue weighted by molar-refractivity contribution is 5.47. The molecule has 0 saturated carbocycles. The van der Waals surface area contributed by atoms with E-state index in [4.69, 9.17) is 0 Å². The highest BCUT2D eigenvalue weighted by Crippen LogP contribution is 2.54. The van der Waals surface area contributed by atoms with Crippen LogP contribution in [0.1, 0.15) is 25.0 Å². The Morgan fingerprint density at radius 1 is 0.609 bits per heavy atom. The number of alkyl halides is 4. The molecule has 0 bridgehead atoms. The molecule has 23 heavy (non-hydrogen) atoms. The number of rotatable bonds is 4. The lowest BCUT2D eigenvalue weighted by atomic mass is 9.66. The molecule has 0 radical (unpaired) electrons. The van der Waals surface area contributed by atoms with Gasteiger partial charge in [-0.3, -0.25) is 0 Å². The summed E-state index contributed by atoms with van der Waals surface area (Å²) in [4.78, 5) is 0. The second kappa shape index (κ2) is 5.44. The summed E-state index contributed by atoms with van der Waals surface area (Å²) in [5.41, 5.74) is -3.61. The van der Waals surface area contributed by atoms with Crippen molar-refractivity contribution >= 4 is 0 Å². The highest BCUT2D eigenvalue weighted by Gasteiger charge is 2.65. The fraction of sp³-hybridized carbons (Fsp3) is 0.294. The summed E-state index contributed by atoms with van der Waals surface area (Å²) in [6.45, 7) is 0.869. The van der Waals surface area contributed by atoms with Crippen molar-refractivity contribution in [3.05, 3.63) is 59.7 Å². The van der Waals surface area contributed by atoms with Crippen molar-refractivity contribution in [2.24, 2.45) is 0 Å². The Morgan fingerprint density at radius 2 is 0.870 bits per heavy atom. The second-order valence-electron chi connectivity index (χ2n) is 5.62. The van der Waals surface area contributed by atoms with Gasteiger partial charge >= 0.3 is 0 Å². The molecule has 0 aliphatic heterocycles. The van der Waals surface area contributed by atoms with Crippen LogP contribution in [-0.2, 0) is 5.41 Å². The minimum absolute atomic E-state index is 0.216. The van der Waals surface area contributed by atoms with Crippen molar-refractivity contribution in [2.45, 2.75) is 31.1 Å². The molecule has 0 aromatic heterocycles. The Hall–Kier alpha value is -2.24. The molecular formula is C17H16F4O2. The summed E-state index contributed by atoms with van der Waals surface area (Å²) >= 11 is 0. The van der Waals surface area contributed by atoms with Gasteiger partial charge in [-0.15, -0.1) is 0 Å². The van der Waals surface area contributed by atoms with Crippen molar-refractivity contribution in [2.75, 3.05) is 0 Å². The molecule has 0 fully saturated rings. The lowest BCUT2D eigenvalue weighted by Crippen LogP contribution is -2.56. The van der Waals surface area contributed by atoms with Gasteiger partial charge in [-0.25, -0.2) is 17.6 Å². The predicted molar refractivity (Wildman–Crippen MR) is 78.2 cm³/mol. The third kappa shape index (κ3) is 2.73. The van der Waals surface area contributed by atoms with Crippen molar-refractivity contribution in [3.63, 3.8) is 0 Å². The maximum Gasteiger partial charge on any atom is 0.264 e. The molecule has 0 atom stereocenters. The van der Waals surface area contributed by atoms with Gasteiger partial charge in [0, 0.05) is 13.8 Å². The van der Waals surface area contributed by atoms with E-state index in [0.717, 1.165) is 48.5 Å². The Bertz CT molecular complexity index is 606. The standard InChI is InChI=1S/C17H16F4O2/c1-15(18,19)17(16(2,20)21,11-3-7-13(22)8-4-11)12-5-9-14(23)10-6-12/h3-10,22-23H,1-2H3. The van der Waals surface area contributed by atoms with E-state index in [1.807, 2.05) is 0 Å². The molecule has 2 aromatic carbocycles. The number of hydrogen-bond donors (Lipinski definition) is 2. The first-order valence-electron chi connectivity index (χ1n) is 6.85. The minimum atomic E-state index is -3.82. The molecule has 2 aromatic rings. The van der Waals surface area contributed by atoms with Crippen molar-refractivity contribution < 1.29 is 27.8 Å². The van der Waals surface area contributed by atoms with Gasteiger partial charge < -0.3 is 10.2 Å². The van der Waals surface area contributed by atoms with Crippen molar-refractivity contribution in [1.82, 2.24) is 0 Å². The van der Waals surface area contributed by atoms with Crippen LogP contribution >= 0.6 is 0 Å². The SMILES string of the molecule is CC(F)(F)C(c1ccc(O)cc1)(c1ccc(O)cc1)C(C)(F)F. The van der Waals surface area contributed by atoms with Gasteiger partial charge in [-0.05, 0) is 35.4 Å². The van der Waals surface area contributed by atoms with Crippen molar-refractivity contribution in [1.29, 1.82) is 0 Å². The molecule has 0 amide bonds. The average molecular weight is 328 g/mol. The van der Waals surface area contributed by atoms with E-state index in [2.05, 4.69) is 0 Å². The first-order valence-corrected chi connectivity index (χ1v) is 6.85. The van der Waals surface area contributed by atoms with E-state index >= 15 is 0 Å². The first kappa shape index (κ1) is 17.1. The van der Waals surface area contributed by atoms with E-state index < -0.39 is 17.3 Å². The molecule has 124 valence electrons. The first-order chi connectivity index (χ1) is 10.5. The van der Waals surface area contributed by atoms with Crippen LogP contribution in [0.15, 0.2) is 48.5 Å². The van der Waals surface area contributed by atoms with Gasteiger partial charge in [0.2, 0.25) is 0 Å². The molecule has 0 unspecified atom stereocenters. The Kier molecular flexibility index (Phi) is 4.05. The number of phenols is 2. The topological polar surface area (TPSA) is 40.5 Å². The molecule has 0 aliphatic carbocycles. The smallest absolute Gasteiger partial charge is 0.264 e. The number of hydrogen-bond acceptors (Lipinski definition) is 2. The quantitative estimate of drug-likeness (QED) is 0.799. The van der Waals surface area contributed by atoms with Crippen LogP contribution in [0, 0.1) is 0 Å². The Balaban J connectivity index is 2.86. The Labute approximate surface area is 131 Å². The number of phenolic OH excluding ortho intramolecular Hbond substituents is 2. The summed E-state index contributed by atoms with van der Waals surface area (Å²) < 4.78 is 58.0. The fourth-order valence-corrected chi connectivity index (χ4v) is 2.99. The molecule has 0 aliphatic rings. The van der Waals surface area contributed by atoms with Gasteiger partial charge in [0.05, 0.1) is 0 Å². The van der Waals surface area contributed by atoms with Gasteiger partial charge in [0.25, 0.3) is 11.8 Å². The van der Waals surface area contributed by atoms with Crippen LogP contribution in [0.4, 0.5) is 17.6 Å². The monoisotopic (exact) mass is 328 g/mol. The molecule has 0 spiro atoms. The summed E-state index contributed by atoms with van der Waals surface area (Å²) in [5.74, 6) is -8.07. The van der Waals surface area contributed by atoms with Gasteiger partial charge in [0.1, 0.15) is 16.9 Å². The molecule has 0 heterocycles. The van der Waals surface area contributed by atoms with E-state index in [0.29, 0.717) is 13.8 Å². The maximum atomic E-state index is 14.5. The van der Waals surface area contributed by atoms with Crippen LogP contribution in [-0.4, -0.2) is 22.1 Å². The van der Waals surface area contributed by atoms with E-state index in [-0.39, 0.29) is 22.6 Å². The Morgan fingerprint density at radius 3 is 1.09 bits per heavy atom. The summed E-state index contributed by atoms with van der Waals surface area (Å²) in [5, 5.41) is 18.7. The zero-order valence-corrected chi connectivity index (χ0v) is 12.5. The third-order valence-electron chi connectivity index (χ3n) is 3.92. The van der Waals surface area contributed by atoms with E-state index in [1.54, 1.807) is 0 Å². The normalized spacial score (nSPS) is 13.1. The van der Waals surface area contributed by atoms with Gasteiger partial charge in [-0.2, -0.15) is 0 Å². The van der Waals surface area contributed by atoms with Crippen molar-refractivity contribution in [3.8, 4) is 11.5 Å². The lowest BCUT2D eigenvalue weighted by Gasteiger charge is -2.43. The summed E-state index contributed by atoms with van der Waals surface area (Å²) in [7, 11) is 0. The number of aromatic hydroxyl groups is 2. The molecule has 2 rings (SSSR count). The van der Waals surface area contributed by atoms with Crippen LogP contribution in [0.3, 0.4) is 0 Å². The zero-order valence-electron chi connectivity index (χ0n) is 12.5. The molecule has 2 N–H and O–H groups in total. The van der Waals surface area contributed by atoms with Gasteiger partial charge in [0.15, 0.2) is 0 Å². The number of halogens is 4. The molecule has 6 heteroatoms. The van der Waals surface area contributed by atoms with Crippen LogP contribution in [0.25, 0.3) is 0 Å². The minimum Gasteiger partial charge on any atom is -0.508 e. The molecule has 0 saturated heterocycles. The van der Waals surface area contributed by atoms with Crippen LogP contribution in [0.2, 0.25) is 0 Å². The molecule has 2 nitrogen and oxygen atoms in total. The highest BCUT2D eigenvalue weighted by atomic mass is 19.3. The maximum absolute atomic E-state index is 14.5. The summed E-state index contributed by atoms with van der Waals surface area (Å²) in [6, 6.07) is 8.55. The van der Waals surface area contributed by atoms with Gasteiger partial charge in [-0.1, -0.05) is 24.3 Å². The predicted octanol–water partition coefficient (Wildman–Crippen LogP) is 4.69. The van der Waals surface area contributed by atoms with Crippen LogP contribution in [0.5, 0.6) is 11.5 Å². The number of benzene rings is 2. The molecular weight excluding hydrogens is 312 g/mol. The van der Waals surface area contributed by atoms with Crippen LogP contribution < -0.4 is 0 Å². The lowest BCUT2D eigenvalue weighted by molar-refractivity contribution is -0.159. The second-order valence-corrected chi connectivity index (χ2v) is 5.62. The average Bonchev–Trinajstić information content (AvgIpc) is 2.40. The summed E-state index contributed by atoms with van der Waals surface area (Å²) in [6.07, 6.45) is 0. The largest absolute Gasteiger partial charge is 0.508 e.